The van der Waals surface area contributed by atoms with E-state index in [1.807, 2.05) is 12.1 Å². The van der Waals surface area contributed by atoms with Crippen molar-refractivity contribution < 1.29 is 14.3 Å². The first kappa shape index (κ1) is 13.2. The first-order valence-electron chi connectivity index (χ1n) is 5.24. The summed E-state index contributed by atoms with van der Waals surface area (Å²) in [5.41, 5.74) is 1.52. The van der Waals surface area contributed by atoms with E-state index in [1.165, 1.54) is 7.05 Å². The standard InChI is InChI=1S/C12H16N2O3/c1-13-11(15)7-14-12(16)10-5-3-9(4-6-10)8-17-2/h3-6H,7-8H2,1-2H3,(H,13,15)(H,14,16). The molecule has 0 fully saturated rings. The fraction of sp³-hybridized carbons (Fsp3) is 0.333. The Balaban J connectivity index is 2.54. The third kappa shape index (κ3) is 4.24. The molecule has 0 aromatic heterocycles. The SMILES string of the molecule is CNC(=O)CNC(=O)c1ccc(COC)cc1. The van der Waals surface area contributed by atoms with E-state index < -0.39 is 0 Å². The molecular weight excluding hydrogens is 220 g/mol. The lowest BCUT2D eigenvalue weighted by molar-refractivity contribution is -0.119. The van der Waals surface area contributed by atoms with E-state index in [9.17, 15) is 9.59 Å². The van der Waals surface area contributed by atoms with Gasteiger partial charge in [0.15, 0.2) is 0 Å². The van der Waals surface area contributed by atoms with Crippen LogP contribution < -0.4 is 10.6 Å². The van der Waals surface area contributed by atoms with Crippen LogP contribution in [0.5, 0.6) is 0 Å². The van der Waals surface area contributed by atoms with Gasteiger partial charge in [-0.2, -0.15) is 0 Å². The van der Waals surface area contributed by atoms with Crippen molar-refractivity contribution in [3.05, 3.63) is 35.4 Å². The molecule has 0 heterocycles. The predicted octanol–water partition coefficient (Wildman–Crippen LogP) is 0.309. The molecule has 1 rings (SSSR count). The van der Waals surface area contributed by atoms with Crippen molar-refractivity contribution in [3.63, 3.8) is 0 Å². The van der Waals surface area contributed by atoms with Crippen LogP contribution in [0.2, 0.25) is 0 Å². The second-order valence-electron chi connectivity index (χ2n) is 3.49. The Bertz CT molecular complexity index is 387. The highest BCUT2D eigenvalue weighted by Gasteiger charge is 2.06. The van der Waals surface area contributed by atoms with Gasteiger partial charge < -0.3 is 15.4 Å². The number of rotatable bonds is 5. The molecule has 2 amide bonds. The maximum absolute atomic E-state index is 11.6. The van der Waals surface area contributed by atoms with Crippen LogP contribution in [0, 0.1) is 0 Å². The lowest BCUT2D eigenvalue weighted by Gasteiger charge is -2.05. The van der Waals surface area contributed by atoms with Crippen molar-refractivity contribution >= 4 is 11.8 Å². The number of carbonyl (C=O) groups is 2. The number of amides is 2. The minimum atomic E-state index is -0.266. The van der Waals surface area contributed by atoms with Gasteiger partial charge in [0.2, 0.25) is 5.91 Å². The number of ether oxygens (including phenoxy) is 1. The highest BCUT2D eigenvalue weighted by molar-refractivity contribution is 5.96. The van der Waals surface area contributed by atoms with Gasteiger partial charge in [-0.15, -0.1) is 0 Å². The fourth-order valence-electron chi connectivity index (χ4n) is 1.27. The minimum absolute atomic E-state index is 0.0187. The molecule has 1 aromatic rings. The molecule has 5 nitrogen and oxygen atoms in total. The molecule has 5 heteroatoms. The van der Waals surface area contributed by atoms with E-state index in [2.05, 4.69) is 10.6 Å². The van der Waals surface area contributed by atoms with Crippen LogP contribution in [0.1, 0.15) is 15.9 Å². The van der Waals surface area contributed by atoms with Crippen LogP contribution in [-0.2, 0) is 16.1 Å². The minimum Gasteiger partial charge on any atom is -0.380 e. The molecule has 0 aliphatic rings. The second-order valence-corrected chi connectivity index (χ2v) is 3.49. The van der Waals surface area contributed by atoms with Crippen LogP contribution in [0.3, 0.4) is 0 Å². The van der Waals surface area contributed by atoms with Gasteiger partial charge in [-0.05, 0) is 17.7 Å². The van der Waals surface area contributed by atoms with Crippen LogP contribution >= 0.6 is 0 Å². The van der Waals surface area contributed by atoms with Gasteiger partial charge in [0.05, 0.1) is 13.2 Å². The molecule has 0 saturated carbocycles. The molecule has 0 spiro atoms. The molecule has 0 aliphatic carbocycles. The van der Waals surface area contributed by atoms with E-state index in [1.54, 1.807) is 19.2 Å². The summed E-state index contributed by atoms with van der Waals surface area (Å²) in [6, 6.07) is 7.04. The number of carbonyl (C=O) groups excluding carboxylic acids is 2. The van der Waals surface area contributed by atoms with Gasteiger partial charge in [0.25, 0.3) is 5.91 Å². The molecule has 0 saturated heterocycles. The third-order valence-corrected chi connectivity index (χ3v) is 2.22. The summed E-state index contributed by atoms with van der Waals surface area (Å²) in [5, 5.41) is 4.95. The van der Waals surface area contributed by atoms with Crippen molar-refractivity contribution in [2.24, 2.45) is 0 Å². The van der Waals surface area contributed by atoms with Gasteiger partial charge in [0.1, 0.15) is 0 Å². The highest BCUT2D eigenvalue weighted by Crippen LogP contribution is 2.05. The maximum atomic E-state index is 11.6. The maximum Gasteiger partial charge on any atom is 0.251 e. The summed E-state index contributed by atoms with van der Waals surface area (Å²) in [6.45, 7) is 0.495. The molecular formula is C12H16N2O3. The van der Waals surface area contributed by atoms with E-state index in [-0.39, 0.29) is 18.4 Å². The van der Waals surface area contributed by atoms with Crippen molar-refractivity contribution in [2.75, 3.05) is 20.7 Å². The van der Waals surface area contributed by atoms with Crippen LogP contribution in [0.15, 0.2) is 24.3 Å². The van der Waals surface area contributed by atoms with Gasteiger partial charge in [-0.1, -0.05) is 12.1 Å². The second kappa shape index (κ2) is 6.65. The Hall–Kier alpha value is -1.88. The Kier molecular flexibility index (Phi) is 5.16. The summed E-state index contributed by atoms with van der Waals surface area (Å²) >= 11 is 0. The van der Waals surface area contributed by atoms with Crippen molar-refractivity contribution in [1.82, 2.24) is 10.6 Å². The predicted molar refractivity (Wildman–Crippen MR) is 63.6 cm³/mol. The first-order valence-corrected chi connectivity index (χ1v) is 5.24. The zero-order valence-electron chi connectivity index (χ0n) is 9.95. The Morgan fingerprint density at radius 2 is 1.88 bits per heavy atom. The Morgan fingerprint density at radius 1 is 1.24 bits per heavy atom. The zero-order valence-corrected chi connectivity index (χ0v) is 9.95. The van der Waals surface area contributed by atoms with Crippen molar-refractivity contribution in [1.29, 1.82) is 0 Å². The number of methoxy groups -OCH3 is 1. The number of nitrogens with one attached hydrogen (secondary N) is 2. The lowest BCUT2D eigenvalue weighted by atomic mass is 10.1. The normalized spacial score (nSPS) is 9.76. The van der Waals surface area contributed by atoms with Crippen LogP contribution in [0.25, 0.3) is 0 Å². The molecule has 0 bridgehead atoms. The van der Waals surface area contributed by atoms with Crippen LogP contribution in [-0.4, -0.2) is 32.5 Å². The largest absolute Gasteiger partial charge is 0.380 e. The average molecular weight is 236 g/mol. The van der Waals surface area contributed by atoms with Gasteiger partial charge in [-0.25, -0.2) is 0 Å². The lowest BCUT2D eigenvalue weighted by Crippen LogP contribution is -2.35. The summed E-state index contributed by atoms with van der Waals surface area (Å²) in [6.07, 6.45) is 0. The molecule has 0 radical (unpaired) electrons. The number of hydrogen-bond donors (Lipinski definition) is 2. The van der Waals surface area contributed by atoms with Gasteiger partial charge >= 0.3 is 0 Å². The third-order valence-electron chi connectivity index (χ3n) is 2.22. The average Bonchev–Trinajstić information content (AvgIpc) is 2.36. The molecule has 17 heavy (non-hydrogen) atoms. The number of hydrogen-bond acceptors (Lipinski definition) is 3. The smallest absolute Gasteiger partial charge is 0.251 e. The molecule has 92 valence electrons. The topological polar surface area (TPSA) is 67.4 Å². The van der Waals surface area contributed by atoms with Gasteiger partial charge in [-0.3, -0.25) is 9.59 Å². The molecule has 1 aromatic carbocycles. The van der Waals surface area contributed by atoms with Crippen molar-refractivity contribution in [3.8, 4) is 0 Å². The highest BCUT2D eigenvalue weighted by atomic mass is 16.5. The number of benzene rings is 1. The van der Waals surface area contributed by atoms with E-state index >= 15 is 0 Å². The first-order chi connectivity index (χ1) is 8.17. The van der Waals surface area contributed by atoms with Gasteiger partial charge in [0, 0.05) is 19.7 Å². The van der Waals surface area contributed by atoms with E-state index in [4.69, 9.17) is 4.74 Å². The molecule has 0 atom stereocenters. The summed E-state index contributed by atoms with van der Waals surface area (Å²) in [5.74, 6) is -0.494. The summed E-state index contributed by atoms with van der Waals surface area (Å²) < 4.78 is 4.97. The molecule has 0 aliphatic heterocycles. The fourth-order valence-corrected chi connectivity index (χ4v) is 1.27. The van der Waals surface area contributed by atoms with E-state index in [0.29, 0.717) is 12.2 Å². The summed E-state index contributed by atoms with van der Waals surface area (Å²) in [4.78, 5) is 22.6. The molecule has 2 N–H and O–H groups in total. The number of likely N-dealkylation sites (N-methyl/N-ethyl adjacent to an activating group) is 1. The zero-order chi connectivity index (χ0) is 12.7. The van der Waals surface area contributed by atoms with E-state index in [0.717, 1.165) is 5.56 Å². The Labute approximate surface area is 100 Å². The quantitative estimate of drug-likeness (QED) is 0.773. The van der Waals surface area contributed by atoms with Crippen molar-refractivity contribution in [2.45, 2.75) is 6.61 Å². The van der Waals surface area contributed by atoms with Crippen LogP contribution in [0.4, 0.5) is 0 Å². The summed E-state index contributed by atoms with van der Waals surface area (Å²) in [7, 11) is 3.14. The Morgan fingerprint density at radius 3 is 2.41 bits per heavy atom. The monoisotopic (exact) mass is 236 g/mol. The molecule has 0 unspecified atom stereocenters.